The molecule has 3 heteroatoms. The molecule has 0 radical (unpaired) electrons. The predicted molar refractivity (Wildman–Crippen MR) is 75.6 cm³/mol. The highest BCUT2D eigenvalue weighted by molar-refractivity contribution is 5.45. The van der Waals surface area contributed by atoms with Crippen LogP contribution < -0.4 is 10.2 Å². The first kappa shape index (κ1) is 14.0. The van der Waals surface area contributed by atoms with Gasteiger partial charge in [0.05, 0.1) is 0 Å². The van der Waals surface area contributed by atoms with Crippen molar-refractivity contribution in [3.05, 3.63) is 29.8 Å². The van der Waals surface area contributed by atoms with Gasteiger partial charge >= 0.3 is 0 Å². The van der Waals surface area contributed by atoms with Gasteiger partial charge in [-0.3, -0.25) is 0 Å². The molecule has 96 valence electrons. The van der Waals surface area contributed by atoms with Crippen molar-refractivity contribution in [1.82, 2.24) is 10.2 Å². The lowest BCUT2D eigenvalue weighted by atomic mass is 10.2. The molecule has 17 heavy (non-hydrogen) atoms. The van der Waals surface area contributed by atoms with Gasteiger partial charge in [-0.2, -0.15) is 0 Å². The number of nitrogens with one attached hydrogen (secondary N) is 1. The predicted octanol–water partition coefficient (Wildman–Crippen LogP) is 1.79. The first-order chi connectivity index (χ1) is 7.99. The molecule has 0 saturated carbocycles. The molecule has 0 amide bonds. The fourth-order valence-corrected chi connectivity index (χ4v) is 1.82. The van der Waals surface area contributed by atoms with E-state index in [4.69, 9.17) is 0 Å². The lowest BCUT2D eigenvalue weighted by Gasteiger charge is -2.18. The van der Waals surface area contributed by atoms with Crippen LogP contribution in [0.1, 0.15) is 12.5 Å². The fourth-order valence-electron chi connectivity index (χ4n) is 1.82. The maximum absolute atomic E-state index is 3.52. The molecule has 0 saturated heterocycles. The van der Waals surface area contributed by atoms with Crippen molar-refractivity contribution < 1.29 is 0 Å². The standard InChI is InChI=1S/C14H25N3/c1-12(11-16(2)3)15-10-13-6-8-14(9-7-13)17(4)5/h6-9,12,15H,10-11H2,1-5H3. The van der Waals surface area contributed by atoms with Gasteiger partial charge in [-0.15, -0.1) is 0 Å². The van der Waals surface area contributed by atoms with Gasteiger partial charge in [-0.1, -0.05) is 12.1 Å². The smallest absolute Gasteiger partial charge is 0.0361 e. The summed E-state index contributed by atoms with van der Waals surface area (Å²) < 4.78 is 0. The highest BCUT2D eigenvalue weighted by atomic mass is 15.1. The Morgan fingerprint density at radius 1 is 1.06 bits per heavy atom. The van der Waals surface area contributed by atoms with Crippen molar-refractivity contribution in [3.63, 3.8) is 0 Å². The van der Waals surface area contributed by atoms with Crippen LogP contribution in [0.5, 0.6) is 0 Å². The molecule has 3 nitrogen and oxygen atoms in total. The fraction of sp³-hybridized carbons (Fsp3) is 0.571. The number of nitrogens with zero attached hydrogens (tertiary/aromatic N) is 2. The Hall–Kier alpha value is -1.06. The molecule has 0 fully saturated rings. The van der Waals surface area contributed by atoms with Crippen molar-refractivity contribution >= 4 is 5.69 Å². The zero-order valence-corrected chi connectivity index (χ0v) is 11.7. The summed E-state index contributed by atoms with van der Waals surface area (Å²) >= 11 is 0. The summed E-state index contributed by atoms with van der Waals surface area (Å²) in [4.78, 5) is 4.32. The van der Waals surface area contributed by atoms with Gasteiger partial charge in [0.1, 0.15) is 0 Å². The van der Waals surface area contributed by atoms with E-state index in [1.54, 1.807) is 0 Å². The Morgan fingerprint density at radius 3 is 2.12 bits per heavy atom. The van der Waals surface area contributed by atoms with E-state index in [0.717, 1.165) is 13.1 Å². The van der Waals surface area contributed by atoms with Gasteiger partial charge in [-0.05, 0) is 38.7 Å². The van der Waals surface area contributed by atoms with Crippen LogP contribution in [0.4, 0.5) is 5.69 Å². The number of hydrogen-bond donors (Lipinski definition) is 1. The third-order valence-corrected chi connectivity index (χ3v) is 2.75. The molecule has 1 rings (SSSR count). The van der Waals surface area contributed by atoms with Gasteiger partial charge in [-0.25, -0.2) is 0 Å². The molecule has 1 N–H and O–H groups in total. The van der Waals surface area contributed by atoms with E-state index in [0.29, 0.717) is 6.04 Å². The van der Waals surface area contributed by atoms with Crippen LogP contribution in [0.3, 0.4) is 0 Å². The van der Waals surface area contributed by atoms with E-state index < -0.39 is 0 Å². The van der Waals surface area contributed by atoms with E-state index in [1.807, 2.05) is 0 Å². The van der Waals surface area contributed by atoms with E-state index in [-0.39, 0.29) is 0 Å². The molecule has 0 aliphatic rings. The summed E-state index contributed by atoms with van der Waals surface area (Å²) in [5.41, 5.74) is 2.58. The molecule has 0 heterocycles. The van der Waals surface area contributed by atoms with Crippen molar-refractivity contribution in [2.45, 2.75) is 19.5 Å². The summed E-state index contributed by atoms with van der Waals surface area (Å²) in [6.45, 7) is 4.21. The maximum atomic E-state index is 3.52. The van der Waals surface area contributed by atoms with E-state index in [1.165, 1.54) is 11.3 Å². The molecule has 0 aromatic heterocycles. The first-order valence-electron chi connectivity index (χ1n) is 6.13. The molecular weight excluding hydrogens is 210 g/mol. The van der Waals surface area contributed by atoms with Crippen LogP contribution in [-0.4, -0.2) is 45.7 Å². The molecule has 1 aromatic carbocycles. The quantitative estimate of drug-likeness (QED) is 0.811. The normalized spacial score (nSPS) is 12.8. The first-order valence-corrected chi connectivity index (χ1v) is 6.13. The highest BCUT2D eigenvalue weighted by Crippen LogP contribution is 2.12. The van der Waals surface area contributed by atoms with E-state index in [2.05, 4.69) is 74.5 Å². The highest BCUT2D eigenvalue weighted by Gasteiger charge is 2.02. The zero-order valence-electron chi connectivity index (χ0n) is 11.7. The molecule has 0 bridgehead atoms. The Balaban J connectivity index is 2.42. The van der Waals surface area contributed by atoms with Crippen molar-refractivity contribution in [2.24, 2.45) is 0 Å². The minimum absolute atomic E-state index is 0.513. The largest absolute Gasteiger partial charge is 0.378 e. The van der Waals surface area contributed by atoms with Gasteiger partial charge in [0.15, 0.2) is 0 Å². The number of anilines is 1. The summed E-state index contributed by atoms with van der Waals surface area (Å²) in [5, 5.41) is 3.52. The minimum Gasteiger partial charge on any atom is -0.378 e. The van der Waals surface area contributed by atoms with Gasteiger partial charge in [0.2, 0.25) is 0 Å². The average Bonchev–Trinajstić information content (AvgIpc) is 2.26. The lowest BCUT2D eigenvalue weighted by Crippen LogP contribution is -2.35. The maximum Gasteiger partial charge on any atom is 0.0361 e. The van der Waals surface area contributed by atoms with Gasteiger partial charge in [0.25, 0.3) is 0 Å². The van der Waals surface area contributed by atoms with E-state index >= 15 is 0 Å². The second-order valence-electron chi connectivity index (χ2n) is 5.11. The summed E-state index contributed by atoms with van der Waals surface area (Å²) in [6.07, 6.45) is 0. The van der Waals surface area contributed by atoms with Crippen LogP contribution in [0.15, 0.2) is 24.3 Å². The Morgan fingerprint density at radius 2 is 1.65 bits per heavy atom. The Bertz CT molecular complexity index is 317. The van der Waals surface area contributed by atoms with Gasteiger partial charge < -0.3 is 15.1 Å². The molecule has 0 aliphatic heterocycles. The Labute approximate surface area is 105 Å². The van der Waals surface area contributed by atoms with E-state index in [9.17, 15) is 0 Å². The van der Waals surface area contributed by atoms with Crippen molar-refractivity contribution in [1.29, 1.82) is 0 Å². The van der Waals surface area contributed by atoms with Crippen LogP contribution in [0, 0.1) is 0 Å². The lowest BCUT2D eigenvalue weighted by molar-refractivity contribution is 0.349. The van der Waals surface area contributed by atoms with Crippen LogP contribution in [0.2, 0.25) is 0 Å². The average molecular weight is 235 g/mol. The summed E-state index contributed by atoms with van der Waals surface area (Å²) in [5.74, 6) is 0. The van der Waals surface area contributed by atoms with Crippen LogP contribution in [-0.2, 0) is 6.54 Å². The molecule has 0 aliphatic carbocycles. The topological polar surface area (TPSA) is 18.5 Å². The van der Waals surface area contributed by atoms with Gasteiger partial charge in [0, 0.05) is 38.9 Å². The van der Waals surface area contributed by atoms with Crippen molar-refractivity contribution in [3.8, 4) is 0 Å². The zero-order chi connectivity index (χ0) is 12.8. The molecule has 1 unspecified atom stereocenters. The molecule has 0 spiro atoms. The second kappa shape index (κ2) is 6.62. The minimum atomic E-state index is 0.513. The number of hydrogen-bond acceptors (Lipinski definition) is 3. The monoisotopic (exact) mass is 235 g/mol. The second-order valence-corrected chi connectivity index (χ2v) is 5.11. The Kier molecular flexibility index (Phi) is 5.45. The SMILES string of the molecule is CC(CN(C)C)NCc1ccc(N(C)C)cc1. The number of rotatable bonds is 6. The summed E-state index contributed by atoms with van der Waals surface area (Å²) in [6, 6.07) is 9.20. The summed E-state index contributed by atoms with van der Waals surface area (Å²) in [7, 11) is 8.33. The molecular formula is C14H25N3. The number of likely N-dealkylation sites (N-methyl/N-ethyl adjacent to an activating group) is 1. The molecule has 1 atom stereocenters. The van der Waals surface area contributed by atoms with Crippen LogP contribution >= 0.6 is 0 Å². The number of benzene rings is 1. The van der Waals surface area contributed by atoms with Crippen molar-refractivity contribution in [2.75, 3.05) is 39.6 Å². The van der Waals surface area contributed by atoms with Crippen LogP contribution in [0.25, 0.3) is 0 Å². The molecule has 1 aromatic rings. The third kappa shape index (κ3) is 5.20. The third-order valence-electron chi connectivity index (χ3n) is 2.75.